The van der Waals surface area contributed by atoms with E-state index in [1.54, 1.807) is 0 Å². The summed E-state index contributed by atoms with van der Waals surface area (Å²) in [5.74, 6) is 0. The molecule has 1 N–H and O–H groups in total. The topological polar surface area (TPSA) is 37.8 Å². The van der Waals surface area contributed by atoms with Crippen molar-refractivity contribution in [1.29, 1.82) is 0 Å². The van der Waals surface area contributed by atoms with E-state index in [9.17, 15) is 0 Å². The summed E-state index contributed by atoms with van der Waals surface area (Å²) >= 11 is 0. The van der Waals surface area contributed by atoms with Gasteiger partial charge in [0.2, 0.25) is 0 Å². The highest BCUT2D eigenvalue weighted by molar-refractivity contribution is 5.26. The average Bonchev–Trinajstić information content (AvgIpc) is 2.42. The zero-order valence-electron chi connectivity index (χ0n) is 10.9. The van der Waals surface area contributed by atoms with Crippen LogP contribution in [0.2, 0.25) is 0 Å². The number of hydrogen-bond donors (Lipinski definition) is 1. The standard InChI is InChI=1S/C15H19N3/c1-3-9-17-15(14-6-4-5-10-16-14)13-8-7-12(2)18-11-13/h4-8,10-11,15,17H,3,9H2,1-2H3. The van der Waals surface area contributed by atoms with Gasteiger partial charge in [0.1, 0.15) is 0 Å². The van der Waals surface area contributed by atoms with Gasteiger partial charge in [-0.25, -0.2) is 0 Å². The monoisotopic (exact) mass is 241 g/mol. The Morgan fingerprint density at radius 3 is 2.67 bits per heavy atom. The molecule has 0 aromatic carbocycles. The molecule has 0 saturated heterocycles. The first-order chi connectivity index (χ1) is 8.81. The van der Waals surface area contributed by atoms with Crippen molar-refractivity contribution in [3.05, 3.63) is 59.7 Å². The van der Waals surface area contributed by atoms with Gasteiger partial charge in [0.15, 0.2) is 0 Å². The fourth-order valence-corrected chi connectivity index (χ4v) is 1.88. The first-order valence-electron chi connectivity index (χ1n) is 6.38. The lowest BCUT2D eigenvalue weighted by Gasteiger charge is -2.18. The maximum Gasteiger partial charge on any atom is 0.0766 e. The van der Waals surface area contributed by atoms with Crippen LogP contribution in [0.25, 0.3) is 0 Å². The molecule has 1 unspecified atom stereocenters. The Bertz CT molecular complexity index is 465. The highest BCUT2D eigenvalue weighted by Gasteiger charge is 2.14. The second-order valence-electron chi connectivity index (χ2n) is 4.37. The summed E-state index contributed by atoms with van der Waals surface area (Å²) in [5.41, 5.74) is 3.23. The number of hydrogen-bond acceptors (Lipinski definition) is 3. The first kappa shape index (κ1) is 12.7. The lowest BCUT2D eigenvalue weighted by Crippen LogP contribution is -2.24. The lowest BCUT2D eigenvalue weighted by atomic mass is 10.0. The van der Waals surface area contributed by atoms with Crippen molar-refractivity contribution in [2.24, 2.45) is 0 Å². The summed E-state index contributed by atoms with van der Waals surface area (Å²) in [7, 11) is 0. The van der Waals surface area contributed by atoms with Crippen molar-refractivity contribution in [1.82, 2.24) is 15.3 Å². The van der Waals surface area contributed by atoms with Crippen LogP contribution in [-0.4, -0.2) is 16.5 Å². The molecule has 3 nitrogen and oxygen atoms in total. The number of pyridine rings is 2. The van der Waals surface area contributed by atoms with Crippen molar-refractivity contribution in [3.8, 4) is 0 Å². The van der Waals surface area contributed by atoms with E-state index in [1.165, 1.54) is 0 Å². The van der Waals surface area contributed by atoms with Crippen LogP contribution in [-0.2, 0) is 0 Å². The maximum atomic E-state index is 4.44. The Kier molecular flexibility index (Phi) is 4.42. The lowest BCUT2D eigenvalue weighted by molar-refractivity contribution is 0.585. The van der Waals surface area contributed by atoms with Crippen LogP contribution in [0.1, 0.15) is 36.3 Å². The van der Waals surface area contributed by atoms with Crippen LogP contribution < -0.4 is 5.32 Å². The van der Waals surface area contributed by atoms with Gasteiger partial charge in [0, 0.05) is 18.1 Å². The summed E-state index contributed by atoms with van der Waals surface area (Å²) in [5, 5.41) is 3.52. The highest BCUT2D eigenvalue weighted by Crippen LogP contribution is 2.19. The number of nitrogens with one attached hydrogen (secondary N) is 1. The Hall–Kier alpha value is -1.74. The molecule has 0 aliphatic rings. The molecule has 18 heavy (non-hydrogen) atoms. The van der Waals surface area contributed by atoms with E-state index < -0.39 is 0 Å². The van der Waals surface area contributed by atoms with E-state index in [0.717, 1.165) is 29.9 Å². The predicted octanol–water partition coefficient (Wildman–Crippen LogP) is 2.87. The molecule has 0 aliphatic carbocycles. The third kappa shape index (κ3) is 3.14. The minimum Gasteiger partial charge on any atom is -0.305 e. The van der Waals surface area contributed by atoms with Crippen LogP contribution in [0.5, 0.6) is 0 Å². The fraction of sp³-hybridized carbons (Fsp3) is 0.333. The largest absolute Gasteiger partial charge is 0.305 e. The van der Waals surface area contributed by atoms with Gasteiger partial charge in [-0.1, -0.05) is 19.1 Å². The molecule has 0 amide bonds. The van der Waals surface area contributed by atoms with E-state index in [-0.39, 0.29) is 6.04 Å². The Labute approximate surface area is 108 Å². The molecule has 2 heterocycles. The van der Waals surface area contributed by atoms with Gasteiger partial charge in [-0.2, -0.15) is 0 Å². The van der Waals surface area contributed by atoms with Gasteiger partial charge in [0.05, 0.1) is 11.7 Å². The fourth-order valence-electron chi connectivity index (χ4n) is 1.88. The summed E-state index contributed by atoms with van der Waals surface area (Å²) in [6.07, 6.45) is 4.86. The van der Waals surface area contributed by atoms with Gasteiger partial charge in [-0.3, -0.25) is 9.97 Å². The summed E-state index contributed by atoms with van der Waals surface area (Å²) in [4.78, 5) is 8.81. The van der Waals surface area contributed by atoms with Crippen molar-refractivity contribution in [2.75, 3.05) is 6.54 Å². The van der Waals surface area contributed by atoms with Crippen molar-refractivity contribution < 1.29 is 0 Å². The molecule has 0 fully saturated rings. The number of aryl methyl sites for hydroxylation is 1. The molecule has 2 aromatic heterocycles. The van der Waals surface area contributed by atoms with Crippen molar-refractivity contribution in [2.45, 2.75) is 26.3 Å². The highest BCUT2D eigenvalue weighted by atomic mass is 14.9. The van der Waals surface area contributed by atoms with Gasteiger partial charge in [0.25, 0.3) is 0 Å². The molecule has 3 heteroatoms. The predicted molar refractivity (Wildman–Crippen MR) is 73.3 cm³/mol. The third-order valence-electron chi connectivity index (χ3n) is 2.85. The van der Waals surface area contributed by atoms with E-state index >= 15 is 0 Å². The summed E-state index contributed by atoms with van der Waals surface area (Å²) in [6.45, 7) is 5.13. The smallest absolute Gasteiger partial charge is 0.0766 e. The van der Waals surface area contributed by atoms with Gasteiger partial charge in [-0.05, 0) is 43.7 Å². The second kappa shape index (κ2) is 6.26. The van der Waals surface area contributed by atoms with E-state index in [0.29, 0.717) is 0 Å². The SMILES string of the molecule is CCCNC(c1ccc(C)nc1)c1ccccn1. The first-order valence-corrected chi connectivity index (χ1v) is 6.38. The Morgan fingerprint density at radius 2 is 2.06 bits per heavy atom. The molecular weight excluding hydrogens is 222 g/mol. The van der Waals surface area contributed by atoms with Crippen molar-refractivity contribution in [3.63, 3.8) is 0 Å². The molecule has 0 saturated carbocycles. The summed E-state index contributed by atoms with van der Waals surface area (Å²) in [6, 6.07) is 10.3. The van der Waals surface area contributed by atoms with Crippen molar-refractivity contribution >= 4 is 0 Å². The zero-order valence-corrected chi connectivity index (χ0v) is 10.9. The molecule has 2 aromatic rings. The van der Waals surface area contributed by atoms with Crippen LogP contribution in [0, 0.1) is 6.92 Å². The van der Waals surface area contributed by atoms with Gasteiger partial charge in [-0.15, -0.1) is 0 Å². The quantitative estimate of drug-likeness (QED) is 0.874. The second-order valence-corrected chi connectivity index (χ2v) is 4.37. The minimum absolute atomic E-state index is 0.124. The zero-order chi connectivity index (χ0) is 12.8. The molecule has 0 aliphatic heterocycles. The number of nitrogens with zero attached hydrogens (tertiary/aromatic N) is 2. The third-order valence-corrected chi connectivity index (χ3v) is 2.85. The number of rotatable bonds is 5. The Morgan fingerprint density at radius 1 is 1.17 bits per heavy atom. The summed E-state index contributed by atoms with van der Waals surface area (Å²) < 4.78 is 0. The molecule has 1 atom stereocenters. The normalized spacial score (nSPS) is 12.3. The molecular formula is C15H19N3. The molecule has 2 rings (SSSR count). The van der Waals surface area contributed by atoms with Crippen LogP contribution in [0.15, 0.2) is 42.7 Å². The molecule has 94 valence electrons. The van der Waals surface area contributed by atoms with Crippen LogP contribution >= 0.6 is 0 Å². The molecule has 0 spiro atoms. The van der Waals surface area contributed by atoms with E-state index in [2.05, 4.69) is 28.3 Å². The van der Waals surface area contributed by atoms with Gasteiger partial charge >= 0.3 is 0 Å². The maximum absolute atomic E-state index is 4.44. The van der Waals surface area contributed by atoms with Crippen LogP contribution in [0.3, 0.4) is 0 Å². The Balaban J connectivity index is 2.27. The molecule has 0 bridgehead atoms. The van der Waals surface area contributed by atoms with Gasteiger partial charge < -0.3 is 5.32 Å². The van der Waals surface area contributed by atoms with E-state index in [4.69, 9.17) is 0 Å². The minimum atomic E-state index is 0.124. The average molecular weight is 241 g/mol. The van der Waals surface area contributed by atoms with Crippen LogP contribution in [0.4, 0.5) is 0 Å². The van der Waals surface area contributed by atoms with E-state index in [1.807, 2.05) is 43.6 Å². The number of aromatic nitrogens is 2. The molecule has 0 radical (unpaired) electrons.